The molecule has 1 aromatic heterocycles. The van der Waals surface area contributed by atoms with Gasteiger partial charge in [0, 0.05) is 23.7 Å². The summed E-state index contributed by atoms with van der Waals surface area (Å²) in [5.74, 6) is 1.51. The normalized spacial score (nSPS) is 10.8. The number of benzene rings is 5. The molecule has 6 aromatic rings. The lowest BCUT2D eigenvalue weighted by atomic mass is 10.0. The second kappa shape index (κ2) is 12.6. The Kier molecular flexibility index (Phi) is 8.10. The van der Waals surface area contributed by atoms with Gasteiger partial charge in [-0.15, -0.1) is 0 Å². The number of nitrogens with two attached hydrogens (primary N) is 1. The number of carbonyl (C=O) groups excluding carboxylic acids is 2. The second-order valence-electron chi connectivity index (χ2n) is 10.1. The first kappa shape index (κ1) is 28.9. The predicted octanol–water partition coefficient (Wildman–Crippen LogP) is 6.36. The minimum Gasteiger partial charge on any atom is -0.493 e. The molecule has 1 heterocycles. The zero-order valence-electron chi connectivity index (χ0n) is 24.5. The van der Waals surface area contributed by atoms with Gasteiger partial charge in [-0.25, -0.2) is 9.97 Å². The first-order chi connectivity index (χ1) is 21.9. The van der Waals surface area contributed by atoms with Gasteiger partial charge in [-0.1, -0.05) is 36.4 Å². The Hall–Kier alpha value is -6.16. The molecule has 4 N–H and O–H groups in total. The zero-order chi connectivity index (χ0) is 31.3. The Balaban J connectivity index is 1.14. The van der Waals surface area contributed by atoms with E-state index in [4.69, 9.17) is 19.9 Å². The van der Waals surface area contributed by atoms with Crippen molar-refractivity contribution in [3.8, 4) is 23.1 Å². The summed E-state index contributed by atoms with van der Waals surface area (Å²) in [6.45, 7) is 0.291. The number of ether oxygens (including phenoxy) is 3. The number of amides is 2. The number of rotatable bonds is 9. The number of carbonyl (C=O) groups is 2. The van der Waals surface area contributed by atoms with Gasteiger partial charge < -0.3 is 30.6 Å². The summed E-state index contributed by atoms with van der Waals surface area (Å²) in [6.07, 6.45) is 1.43. The summed E-state index contributed by atoms with van der Waals surface area (Å²) < 4.78 is 17.0. The molecule has 6 rings (SSSR count). The third-order valence-electron chi connectivity index (χ3n) is 7.29. The van der Waals surface area contributed by atoms with Gasteiger partial charge >= 0.3 is 0 Å². The molecule has 0 atom stereocenters. The number of para-hydroxylation sites is 2. The van der Waals surface area contributed by atoms with Crippen LogP contribution in [0.1, 0.15) is 26.3 Å². The number of nitrogens with zero attached hydrogens (tertiary/aromatic N) is 2. The Morgan fingerprint density at radius 2 is 1.56 bits per heavy atom. The van der Waals surface area contributed by atoms with E-state index in [1.807, 2.05) is 24.3 Å². The summed E-state index contributed by atoms with van der Waals surface area (Å²) in [7, 11) is 3.13. The Labute approximate surface area is 258 Å². The molecule has 0 saturated carbocycles. The molecule has 0 bridgehead atoms. The monoisotopic (exact) mass is 599 g/mol. The zero-order valence-corrected chi connectivity index (χ0v) is 24.5. The van der Waals surface area contributed by atoms with Crippen LogP contribution in [0, 0.1) is 0 Å². The van der Waals surface area contributed by atoms with Crippen molar-refractivity contribution in [3.05, 3.63) is 120 Å². The average molecular weight is 600 g/mol. The third kappa shape index (κ3) is 6.16. The van der Waals surface area contributed by atoms with E-state index in [1.54, 1.807) is 87.0 Å². The molecule has 0 saturated heterocycles. The summed E-state index contributed by atoms with van der Waals surface area (Å²) in [6, 6.07) is 28.7. The number of fused-ring (bicyclic) bond motifs is 2. The highest BCUT2D eigenvalue weighted by molar-refractivity contribution is 6.07. The van der Waals surface area contributed by atoms with Crippen molar-refractivity contribution in [2.75, 3.05) is 25.3 Å². The highest BCUT2D eigenvalue weighted by Crippen LogP contribution is 2.36. The van der Waals surface area contributed by atoms with Crippen molar-refractivity contribution in [3.63, 3.8) is 0 Å². The molecule has 0 aliphatic rings. The van der Waals surface area contributed by atoms with Gasteiger partial charge in [-0.2, -0.15) is 0 Å². The van der Waals surface area contributed by atoms with Crippen LogP contribution in [0.4, 0.5) is 11.4 Å². The molecule has 0 radical (unpaired) electrons. The molecule has 0 aliphatic carbocycles. The van der Waals surface area contributed by atoms with Gasteiger partial charge in [-0.05, 0) is 70.9 Å². The maximum absolute atomic E-state index is 13.2. The highest BCUT2D eigenvalue weighted by Gasteiger charge is 2.15. The first-order valence-electron chi connectivity index (χ1n) is 14.0. The maximum atomic E-state index is 13.2. The van der Waals surface area contributed by atoms with Crippen LogP contribution in [0.3, 0.4) is 0 Å². The van der Waals surface area contributed by atoms with Crippen molar-refractivity contribution < 1.29 is 23.8 Å². The smallest absolute Gasteiger partial charge is 0.255 e. The van der Waals surface area contributed by atoms with E-state index in [0.29, 0.717) is 63.1 Å². The van der Waals surface area contributed by atoms with E-state index in [2.05, 4.69) is 20.6 Å². The lowest BCUT2D eigenvalue weighted by molar-refractivity contribution is 0.0951. The average Bonchev–Trinajstić information content (AvgIpc) is 3.07. The second-order valence-corrected chi connectivity index (χ2v) is 10.1. The molecule has 5 aromatic carbocycles. The van der Waals surface area contributed by atoms with Crippen LogP contribution in [0.25, 0.3) is 21.7 Å². The van der Waals surface area contributed by atoms with Crippen molar-refractivity contribution in [1.29, 1.82) is 0 Å². The molecule has 224 valence electrons. The molecule has 0 fully saturated rings. The van der Waals surface area contributed by atoms with Gasteiger partial charge in [0.15, 0.2) is 11.5 Å². The molecule has 10 nitrogen and oxygen atoms in total. The van der Waals surface area contributed by atoms with E-state index in [-0.39, 0.29) is 11.8 Å². The van der Waals surface area contributed by atoms with Crippen LogP contribution in [0.5, 0.6) is 23.1 Å². The molecule has 45 heavy (non-hydrogen) atoms. The fourth-order valence-corrected chi connectivity index (χ4v) is 4.93. The Morgan fingerprint density at radius 3 is 2.33 bits per heavy atom. The number of hydrogen-bond donors (Lipinski definition) is 3. The van der Waals surface area contributed by atoms with Crippen LogP contribution in [-0.4, -0.2) is 36.0 Å². The Bertz CT molecular complexity index is 2050. The predicted molar refractivity (Wildman–Crippen MR) is 173 cm³/mol. The van der Waals surface area contributed by atoms with Crippen molar-refractivity contribution in [1.82, 2.24) is 15.3 Å². The van der Waals surface area contributed by atoms with Crippen molar-refractivity contribution in [2.45, 2.75) is 6.54 Å². The van der Waals surface area contributed by atoms with E-state index in [9.17, 15) is 9.59 Å². The summed E-state index contributed by atoms with van der Waals surface area (Å²) in [5.41, 5.74) is 9.47. The number of nitrogens with one attached hydrogen (secondary N) is 2. The molecule has 0 aliphatic heterocycles. The lowest BCUT2D eigenvalue weighted by Crippen LogP contribution is -2.23. The van der Waals surface area contributed by atoms with Gasteiger partial charge in [0.1, 0.15) is 12.1 Å². The summed E-state index contributed by atoms with van der Waals surface area (Å²) >= 11 is 0. The van der Waals surface area contributed by atoms with E-state index >= 15 is 0 Å². The SMILES string of the molecule is COc1cc2ncnc(Oc3ccc4c(C(=O)NCc5ccc(C(=O)Nc6ccccc6N)cc5)cccc4c3)c2cc1OC. The quantitative estimate of drug-likeness (QED) is 0.163. The minimum atomic E-state index is -0.268. The third-order valence-corrected chi connectivity index (χ3v) is 7.29. The fraction of sp³-hybridized carbons (Fsp3) is 0.0857. The fourth-order valence-electron chi connectivity index (χ4n) is 4.93. The van der Waals surface area contributed by atoms with Gasteiger partial charge in [0.2, 0.25) is 5.88 Å². The van der Waals surface area contributed by atoms with Gasteiger partial charge in [0.05, 0.1) is 36.5 Å². The number of aromatic nitrogens is 2. The van der Waals surface area contributed by atoms with Crippen molar-refractivity contribution in [2.24, 2.45) is 0 Å². The number of hydrogen-bond acceptors (Lipinski definition) is 8. The largest absolute Gasteiger partial charge is 0.493 e. The molecular weight excluding hydrogens is 570 g/mol. The van der Waals surface area contributed by atoms with E-state index in [1.165, 1.54) is 6.33 Å². The van der Waals surface area contributed by atoms with Gasteiger partial charge in [0.25, 0.3) is 11.8 Å². The van der Waals surface area contributed by atoms with Crippen molar-refractivity contribution >= 4 is 44.9 Å². The van der Waals surface area contributed by atoms with E-state index < -0.39 is 0 Å². The Morgan fingerprint density at radius 1 is 0.778 bits per heavy atom. The topological polar surface area (TPSA) is 138 Å². The summed E-state index contributed by atoms with van der Waals surface area (Å²) in [4.78, 5) is 34.5. The van der Waals surface area contributed by atoms with Crippen LogP contribution in [0.15, 0.2) is 103 Å². The summed E-state index contributed by atoms with van der Waals surface area (Å²) in [5, 5.41) is 8.04. The molecular formula is C35H29N5O5. The lowest BCUT2D eigenvalue weighted by Gasteiger charge is -2.12. The van der Waals surface area contributed by atoms with Crippen LogP contribution in [-0.2, 0) is 6.54 Å². The maximum Gasteiger partial charge on any atom is 0.255 e. The standard InChI is InChI=1S/C35H29N5O5/c1-43-31-17-27-30(18-32(31)44-2)38-20-39-35(27)45-24-14-15-25-23(16-24)6-5-7-26(25)34(42)37-19-21-10-12-22(13-11-21)33(41)40-29-9-4-3-8-28(29)36/h3-18,20H,19,36H2,1-2H3,(H,37,42)(H,40,41). The minimum absolute atomic E-state index is 0.224. The molecule has 0 spiro atoms. The first-order valence-corrected chi connectivity index (χ1v) is 14.0. The van der Waals surface area contributed by atoms with E-state index in [0.717, 1.165) is 16.3 Å². The molecule has 0 unspecified atom stereocenters. The highest BCUT2D eigenvalue weighted by atomic mass is 16.5. The van der Waals surface area contributed by atoms with Crippen LogP contribution < -0.4 is 30.6 Å². The van der Waals surface area contributed by atoms with Crippen LogP contribution >= 0.6 is 0 Å². The van der Waals surface area contributed by atoms with Crippen LogP contribution in [0.2, 0.25) is 0 Å². The van der Waals surface area contributed by atoms with Gasteiger partial charge in [-0.3, -0.25) is 9.59 Å². The number of nitrogen functional groups attached to an aromatic ring is 1. The number of methoxy groups -OCH3 is 2. The molecule has 2 amide bonds. The number of anilines is 2. The molecule has 10 heteroatoms.